The number of anilines is 3. The van der Waals surface area contributed by atoms with Gasteiger partial charge >= 0.3 is 0 Å². The molecule has 1 atom stereocenters. The summed E-state index contributed by atoms with van der Waals surface area (Å²) >= 11 is 7.01. The van der Waals surface area contributed by atoms with E-state index in [0.29, 0.717) is 57.7 Å². The van der Waals surface area contributed by atoms with Gasteiger partial charge in [0.05, 0.1) is 11.7 Å². The minimum Gasteiger partial charge on any atom is -0.506 e. The van der Waals surface area contributed by atoms with E-state index >= 15 is 0 Å². The minimum absolute atomic E-state index is 0.0679. The van der Waals surface area contributed by atoms with Crippen molar-refractivity contribution >= 4 is 46.3 Å². The first kappa shape index (κ1) is 32.8. The van der Waals surface area contributed by atoms with E-state index < -0.39 is 11.9 Å². The van der Waals surface area contributed by atoms with Crippen molar-refractivity contribution in [2.45, 2.75) is 59.1 Å². The van der Waals surface area contributed by atoms with Gasteiger partial charge in [-0.05, 0) is 65.8 Å². The normalized spacial score (nSPS) is 16.7. The number of hydrogen-bond donors (Lipinski definition) is 3. The monoisotopic (exact) mass is 663 g/mol. The highest BCUT2D eigenvalue weighted by Crippen LogP contribution is 2.51. The van der Waals surface area contributed by atoms with Crippen molar-refractivity contribution in [3.05, 3.63) is 124 Å². The van der Waals surface area contributed by atoms with Crippen LogP contribution in [0.25, 0.3) is 0 Å². The Labute approximate surface area is 285 Å². The second kappa shape index (κ2) is 13.6. The lowest BCUT2D eigenvalue weighted by Gasteiger charge is -2.37. The number of Topliss-reactive ketones (excluding diaryl/α,β-unsaturated/α-hetero) is 1. The Kier molecular flexibility index (Phi) is 9.29. The fourth-order valence-corrected chi connectivity index (χ4v) is 6.71. The third-order valence-corrected chi connectivity index (χ3v) is 9.10. The summed E-state index contributed by atoms with van der Waals surface area (Å²) in [5.74, 6) is -0.371. The van der Waals surface area contributed by atoms with Gasteiger partial charge in [0, 0.05) is 41.2 Å². The van der Waals surface area contributed by atoms with Gasteiger partial charge in [-0.15, -0.1) is 0 Å². The zero-order valence-electron chi connectivity index (χ0n) is 27.2. The number of phenols is 1. The summed E-state index contributed by atoms with van der Waals surface area (Å²) in [6.45, 7) is 6.27. The summed E-state index contributed by atoms with van der Waals surface area (Å²) in [5.41, 5.74) is 4.47. The van der Waals surface area contributed by atoms with Crippen molar-refractivity contribution < 1.29 is 24.2 Å². The van der Waals surface area contributed by atoms with Crippen molar-refractivity contribution in [1.29, 1.82) is 0 Å². The van der Waals surface area contributed by atoms with E-state index in [-0.39, 0.29) is 42.1 Å². The average Bonchev–Trinajstić information content (AvgIpc) is 3.19. The molecule has 0 saturated carbocycles. The van der Waals surface area contributed by atoms with Crippen LogP contribution in [-0.4, -0.2) is 22.7 Å². The number of carbonyl (C=O) groups is 3. The van der Waals surface area contributed by atoms with Crippen molar-refractivity contribution in [3.63, 3.8) is 0 Å². The van der Waals surface area contributed by atoms with Crippen LogP contribution in [0.1, 0.15) is 62.3 Å². The minimum atomic E-state index is -0.929. The summed E-state index contributed by atoms with van der Waals surface area (Å²) in [4.78, 5) is 43.1. The Hall–Kier alpha value is -5.08. The second-order valence-corrected chi connectivity index (χ2v) is 13.5. The molecule has 246 valence electrons. The number of para-hydroxylation sites is 2. The summed E-state index contributed by atoms with van der Waals surface area (Å²) in [6, 6.07) is 26.4. The molecule has 1 aliphatic heterocycles. The molecule has 0 fully saturated rings. The number of halogens is 1. The lowest BCUT2D eigenvalue weighted by atomic mass is 9.73. The van der Waals surface area contributed by atoms with Crippen LogP contribution < -0.4 is 20.3 Å². The Morgan fingerprint density at radius 1 is 0.979 bits per heavy atom. The summed E-state index contributed by atoms with van der Waals surface area (Å²) in [6.07, 6.45) is 0.532. The van der Waals surface area contributed by atoms with E-state index in [1.54, 1.807) is 30.3 Å². The number of aryl methyl sites for hydroxylation is 1. The Bertz CT molecular complexity index is 1920. The topological polar surface area (TPSA) is 108 Å². The molecule has 6 rings (SSSR count). The molecule has 2 aliphatic rings. The molecule has 2 amide bonds. The number of benzene rings is 4. The molecule has 3 N–H and O–H groups in total. The largest absolute Gasteiger partial charge is 0.506 e. The fourth-order valence-electron chi connectivity index (χ4n) is 6.44. The number of nitrogens with one attached hydrogen (secondary N) is 2. The van der Waals surface area contributed by atoms with Gasteiger partial charge in [0.1, 0.15) is 23.8 Å². The number of ketones is 1. The van der Waals surface area contributed by atoms with Crippen LogP contribution in [0.5, 0.6) is 11.5 Å². The van der Waals surface area contributed by atoms with Crippen LogP contribution >= 0.6 is 11.6 Å². The van der Waals surface area contributed by atoms with Gasteiger partial charge < -0.3 is 20.5 Å². The van der Waals surface area contributed by atoms with E-state index in [0.717, 1.165) is 11.1 Å². The van der Waals surface area contributed by atoms with Crippen LogP contribution in [0.15, 0.2) is 102 Å². The Morgan fingerprint density at radius 3 is 2.48 bits per heavy atom. The third kappa shape index (κ3) is 6.94. The Balaban J connectivity index is 1.40. The Morgan fingerprint density at radius 2 is 1.73 bits per heavy atom. The number of hydrogen-bond acceptors (Lipinski definition) is 6. The molecular weight excluding hydrogens is 626 g/mol. The molecule has 4 aromatic carbocycles. The number of amides is 2. The zero-order chi connectivity index (χ0) is 34.0. The highest BCUT2D eigenvalue weighted by Gasteiger charge is 2.44. The first-order valence-electron chi connectivity index (χ1n) is 16.0. The van der Waals surface area contributed by atoms with Gasteiger partial charge in [-0.25, -0.2) is 0 Å². The van der Waals surface area contributed by atoms with Crippen LogP contribution in [0.2, 0.25) is 5.02 Å². The number of carbonyl (C=O) groups excluding carboxylic acids is 3. The van der Waals surface area contributed by atoms with Crippen molar-refractivity contribution in [2.75, 3.05) is 15.5 Å². The van der Waals surface area contributed by atoms with E-state index in [4.69, 9.17) is 16.3 Å². The first-order chi connectivity index (χ1) is 23.0. The van der Waals surface area contributed by atoms with Crippen molar-refractivity contribution in [3.8, 4) is 11.5 Å². The van der Waals surface area contributed by atoms with Gasteiger partial charge in [-0.2, -0.15) is 0 Å². The number of allylic oxidation sites excluding steroid dienone is 1. The third-order valence-electron chi connectivity index (χ3n) is 8.78. The lowest BCUT2D eigenvalue weighted by molar-refractivity contribution is -0.123. The molecule has 1 heterocycles. The average molecular weight is 664 g/mol. The highest BCUT2D eigenvalue weighted by molar-refractivity contribution is 6.31. The maximum atomic E-state index is 14.4. The number of fused-ring (bicyclic) bond motifs is 1. The molecule has 8 nitrogen and oxygen atoms in total. The van der Waals surface area contributed by atoms with Gasteiger partial charge in [0.25, 0.3) is 0 Å². The molecule has 0 spiro atoms. The number of ether oxygens (including phenoxy) is 1. The summed E-state index contributed by atoms with van der Waals surface area (Å²) in [5, 5.41) is 17.6. The van der Waals surface area contributed by atoms with Gasteiger partial charge in [-0.3, -0.25) is 19.3 Å². The van der Waals surface area contributed by atoms with Gasteiger partial charge in [0.2, 0.25) is 11.8 Å². The van der Waals surface area contributed by atoms with Gasteiger partial charge in [0.15, 0.2) is 5.78 Å². The molecular formula is C39H38ClN3O5. The first-order valence-corrected chi connectivity index (χ1v) is 16.4. The molecule has 4 aromatic rings. The van der Waals surface area contributed by atoms with Crippen LogP contribution in [0.3, 0.4) is 0 Å². The van der Waals surface area contributed by atoms with E-state index in [9.17, 15) is 19.5 Å². The second-order valence-electron chi connectivity index (χ2n) is 13.1. The molecule has 48 heavy (non-hydrogen) atoms. The van der Waals surface area contributed by atoms with Crippen LogP contribution in [0.4, 0.5) is 17.1 Å². The highest BCUT2D eigenvalue weighted by atomic mass is 35.5. The quantitative estimate of drug-likeness (QED) is 0.163. The SMILES string of the molecule is Cc1ccccc1NC(=O)CCC(=O)N1c2cccc(O)c2NC2=C(C(=O)CC(C)(C)C2)C1c1ccc(OCc2ccccc2)cc1Cl. The molecule has 9 heteroatoms. The summed E-state index contributed by atoms with van der Waals surface area (Å²) < 4.78 is 6.03. The summed E-state index contributed by atoms with van der Waals surface area (Å²) in [7, 11) is 0. The number of aromatic hydroxyl groups is 1. The predicted molar refractivity (Wildman–Crippen MR) is 188 cm³/mol. The lowest BCUT2D eigenvalue weighted by Crippen LogP contribution is -2.40. The smallest absolute Gasteiger partial charge is 0.228 e. The predicted octanol–water partition coefficient (Wildman–Crippen LogP) is 8.49. The maximum absolute atomic E-state index is 14.4. The molecule has 1 aliphatic carbocycles. The number of nitrogens with zero attached hydrogens (tertiary/aromatic N) is 1. The van der Waals surface area contributed by atoms with Crippen LogP contribution in [-0.2, 0) is 21.0 Å². The number of phenolic OH excluding ortho intramolecular Hbond substituents is 1. The van der Waals surface area contributed by atoms with E-state index in [1.807, 2.05) is 75.4 Å². The van der Waals surface area contributed by atoms with E-state index in [2.05, 4.69) is 10.6 Å². The molecule has 0 saturated heterocycles. The maximum Gasteiger partial charge on any atom is 0.228 e. The molecule has 0 aromatic heterocycles. The molecule has 0 radical (unpaired) electrons. The van der Waals surface area contributed by atoms with Crippen LogP contribution in [0, 0.1) is 12.3 Å². The number of rotatable bonds is 8. The molecule has 0 bridgehead atoms. The van der Waals surface area contributed by atoms with Gasteiger partial charge in [-0.1, -0.05) is 86.1 Å². The molecule has 1 unspecified atom stereocenters. The zero-order valence-corrected chi connectivity index (χ0v) is 27.9. The van der Waals surface area contributed by atoms with Crippen molar-refractivity contribution in [1.82, 2.24) is 0 Å². The van der Waals surface area contributed by atoms with E-state index in [1.165, 1.54) is 11.0 Å². The fraction of sp³-hybridized carbons (Fsp3) is 0.256. The standard InChI is InChI=1S/C39H38ClN3O5/c1-24-10-7-8-13-29(24)41-34(46)18-19-35(47)43-31-14-9-15-32(44)37(31)42-30-21-39(2,3)22-33(45)36(30)38(43)27-17-16-26(20-28(27)40)48-23-25-11-5-4-6-12-25/h4-17,20,38,42,44H,18-19,21-23H2,1-3H3,(H,41,46). The van der Waals surface area contributed by atoms with Crippen molar-refractivity contribution in [2.24, 2.45) is 5.41 Å².